The Balaban J connectivity index is 1.69. The number of pyridine rings is 1. The minimum atomic E-state index is -2.89. The molecule has 1 amide bonds. The zero-order chi connectivity index (χ0) is 19.4. The van der Waals surface area contributed by atoms with E-state index in [1.807, 2.05) is 0 Å². The molecule has 1 saturated heterocycles. The first-order chi connectivity index (χ1) is 12.9. The number of nitrogens with one attached hydrogen (secondary N) is 1. The van der Waals surface area contributed by atoms with Crippen LogP contribution in [0, 0.1) is 0 Å². The number of ketones is 1. The van der Waals surface area contributed by atoms with Crippen LogP contribution < -0.4 is 15.0 Å². The Morgan fingerprint density at radius 3 is 2.59 bits per heavy atom. The highest BCUT2D eigenvalue weighted by Gasteiger charge is 2.30. The number of nitrogens with zero attached hydrogens (tertiary/aromatic N) is 2. The molecule has 1 fully saturated rings. The van der Waals surface area contributed by atoms with Crippen molar-refractivity contribution in [2.75, 3.05) is 16.8 Å². The van der Waals surface area contributed by atoms with Gasteiger partial charge < -0.3 is 15.0 Å². The van der Waals surface area contributed by atoms with E-state index in [-0.39, 0.29) is 17.4 Å². The van der Waals surface area contributed by atoms with Gasteiger partial charge in [-0.2, -0.15) is 8.78 Å². The molecule has 1 atom stereocenters. The fourth-order valence-electron chi connectivity index (χ4n) is 2.94. The van der Waals surface area contributed by atoms with Crippen LogP contribution in [0.5, 0.6) is 5.75 Å². The monoisotopic (exact) mass is 375 g/mol. The second-order valence-electron chi connectivity index (χ2n) is 6.19. The minimum Gasteiger partial charge on any atom is -0.435 e. The lowest BCUT2D eigenvalue weighted by atomic mass is 10.0. The van der Waals surface area contributed by atoms with Crippen LogP contribution in [0.2, 0.25) is 0 Å². The van der Waals surface area contributed by atoms with Crippen molar-refractivity contribution in [3.63, 3.8) is 0 Å². The van der Waals surface area contributed by atoms with E-state index in [1.54, 1.807) is 29.2 Å². The van der Waals surface area contributed by atoms with Crippen LogP contribution in [-0.2, 0) is 4.79 Å². The Labute approximate surface area is 155 Å². The Bertz CT molecular complexity index is 810. The fourth-order valence-corrected chi connectivity index (χ4v) is 2.94. The molecule has 0 radical (unpaired) electrons. The molecule has 0 aliphatic carbocycles. The molecule has 2 heterocycles. The number of piperidine rings is 1. The molecular formula is C19H19F2N3O3. The first-order valence-corrected chi connectivity index (χ1v) is 8.54. The van der Waals surface area contributed by atoms with E-state index in [0.717, 1.165) is 6.42 Å². The predicted octanol–water partition coefficient (Wildman–Crippen LogP) is 3.49. The third kappa shape index (κ3) is 4.58. The van der Waals surface area contributed by atoms with Gasteiger partial charge in [-0.25, -0.2) is 4.98 Å². The molecule has 1 aliphatic rings. The summed E-state index contributed by atoms with van der Waals surface area (Å²) in [6, 6.07) is 8.85. The van der Waals surface area contributed by atoms with Gasteiger partial charge in [0, 0.05) is 24.0 Å². The molecule has 0 saturated carbocycles. The Kier molecular flexibility index (Phi) is 5.63. The zero-order valence-electron chi connectivity index (χ0n) is 14.7. The van der Waals surface area contributed by atoms with Crippen LogP contribution in [0.3, 0.4) is 0 Å². The molecule has 1 aliphatic heterocycles. The predicted molar refractivity (Wildman–Crippen MR) is 96.3 cm³/mol. The summed E-state index contributed by atoms with van der Waals surface area (Å²) in [5, 5.41) is 3.10. The maximum absolute atomic E-state index is 12.8. The standard InChI is InChI=1S/C19H19F2N3O3/c1-12(25)13-4-9-17(22-11-13)23-16-3-2-10-24(18(16)26)14-5-7-15(8-6-14)27-19(20)21/h4-9,11,16,19H,2-3,10H2,1H3,(H,22,23)/t16-/m1/s1. The lowest BCUT2D eigenvalue weighted by molar-refractivity contribution is -0.120. The smallest absolute Gasteiger partial charge is 0.387 e. The highest BCUT2D eigenvalue weighted by molar-refractivity contribution is 5.99. The molecule has 0 unspecified atom stereocenters. The van der Waals surface area contributed by atoms with Crippen molar-refractivity contribution in [1.29, 1.82) is 0 Å². The van der Waals surface area contributed by atoms with Crippen LogP contribution in [0.4, 0.5) is 20.3 Å². The first kappa shape index (κ1) is 18.8. The van der Waals surface area contributed by atoms with E-state index in [4.69, 9.17) is 0 Å². The molecule has 142 valence electrons. The average Bonchev–Trinajstić information content (AvgIpc) is 2.64. The van der Waals surface area contributed by atoms with E-state index in [1.165, 1.54) is 25.3 Å². The fraction of sp³-hybridized carbons (Fsp3) is 0.316. The number of carbonyl (C=O) groups is 2. The first-order valence-electron chi connectivity index (χ1n) is 8.54. The van der Waals surface area contributed by atoms with Crippen molar-refractivity contribution in [3.8, 4) is 5.75 Å². The van der Waals surface area contributed by atoms with Crippen LogP contribution in [-0.4, -0.2) is 35.9 Å². The molecule has 1 N–H and O–H groups in total. The highest BCUT2D eigenvalue weighted by atomic mass is 19.3. The number of amides is 1. The zero-order valence-corrected chi connectivity index (χ0v) is 14.7. The molecule has 3 rings (SSSR count). The van der Waals surface area contributed by atoms with Crippen molar-refractivity contribution < 1.29 is 23.1 Å². The van der Waals surface area contributed by atoms with Gasteiger partial charge >= 0.3 is 6.61 Å². The van der Waals surface area contributed by atoms with Gasteiger partial charge in [0.05, 0.1) is 0 Å². The third-order valence-electron chi connectivity index (χ3n) is 4.30. The summed E-state index contributed by atoms with van der Waals surface area (Å²) >= 11 is 0. The van der Waals surface area contributed by atoms with Crippen LogP contribution >= 0.6 is 0 Å². The number of Topliss-reactive ketones (excluding diaryl/α,β-unsaturated/α-hetero) is 1. The lowest BCUT2D eigenvalue weighted by Crippen LogP contribution is -2.47. The normalized spacial score (nSPS) is 17.1. The number of hydrogen-bond acceptors (Lipinski definition) is 5. The number of aromatic nitrogens is 1. The van der Waals surface area contributed by atoms with Crippen LogP contribution in [0.15, 0.2) is 42.6 Å². The molecule has 27 heavy (non-hydrogen) atoms. The summed E-state index contributed by atoms with van der Waals surface area (Å²) < 4.78 is 28.8. The summed E-state index contributed by atoms with van der Waals surface area (Å²) in [6.07, 6.45) is 2.90. The summed E-state index contributed by atoms with van der Waals surface area (Å²) in [6.45, 7) is -0.879. The number of hydrogen-bond donors (Lipinski definition) is 1. The quantitative estimate of drug-likeness (QED) is 0.783. The van der Waals surface area contributed by atoms with E-state index in [0.29, 0.717) is 30.0 Å². The largest absolute Gasteiger partial charge is 0.435 e. The number of benzene rings is 1. The average molecular weight is 375 g/mol. The Morgan fingerprint density at radius 2 is 2.00 bits per heavy atom. The van der Waals surface area contributed by atoms with Gasteiger partial charge in [0.1, 0.15) is 17.6 Å². The highest BCUT2D eigenvalue weighted by Crippen LogP contribution is 2.25. The van der Waals surface area contributed by atoms with E-state index < -0.39 is 12.7 Å². The van der Waals surface area contributed by atoms with Gasteiger partial charge in [0.25, 0.3) is 0 Å². The number of ether oxygens (including phenoxy) is 1. The van der Waals surface area contributed by atoms with Crippen molar-refractivity contribution in [3.05, 3.63) is 48.2 Å². The number of carbonyl (C=O) groups excluding carboxylic acids is 2. The van der Waals surface area contributed by atoms with Crippen LogP contribution in [0.25, 0.3) is 0 Å². The van der Waals surface area contributed by atoms with Gasteiger partial charge in [-0.3, -0.25) is 9.59 Å². The number of rotatable bonds is 6. The molecule has 0 bridgehead atoms. The van der Waals surface area contributed by atoms with E-state index in [2.05, 4.69) is 15.0 Å². The SMILES string of the molecule is CC(=O)c1ccc(N[C@@H]2CCCN(c3ccc(OC(F)F)cc3)C2=O)nc1. The Hall–Kier alpha value is -3.03. The summed E-state index contributed by atoms with van der Waals surface area (Å²) in [4.78, 5) is 29.9. The number of halogens is 2. The Morgan fingerprint density at radius 1 is 1.26 bits per heavy atom. The van der Waals surface area contributed by atoms with Crippen molar-refractivity contribution in [1.82, 2.24) is 4.98 Å². The van der Waals surface area contributed by atoms with Crippen molar-refractivity contribution in [2.45, 2.75) is 32.4 Å². The summed E-state index contributed by atoms with van der Waals surface area (Å²) in [5.41, 5.74) is 1.12. The second-order valence-corrected chi connectivity index (χ2v) is 6.19. The number of alkyl halides is 2. The van der Waals surface area contributed by atoms with Gasteiger partial charge in [0.15, 0.2) is 5.78 Å². The van der Waals surface area contributed by atoms with Crippen molar-refractivity contribution >= 4 is 23.2 Å². The molecule has 6 nitrogen and oxygen atoms in total. The minimum absolute atomic E-state index is 0.0441. The second kappa shape index (κ2) is 8.11. The maximum Gasteiger partial charge on any atom is 0.387 e. The molecule has 1 aromatic carbocycles. The molecule has 1 aromatic heterocycles. The molecule has 0 spiro atoms. The van der Waals surface area contributed by atoms with Gasteiger partial charge in [-0.15, -0.1) is 0 Å². The summed E-state index contributed by atoms with van der Waals surface area (Å²) in [5.74, 6) is 0.359. The molecule has 8 heteroatoms. The molecular weight excluding hydrogens is 356 g/mol. The van der Waals surface area contributed by atoms with E-state index >= 15 is 0 Å². The molecule has 2 aromatic rings. The van der Waals surface area contributed by atoms with Crippen LogP contribution in [0.1, 0.15) is 30.1 Å². The maximum atomic E-state index is 12.8. The van der Waals surface area contributed by atoms with E-state index in [9.17, 15) is 18.4 Å². The van der Waals surface area contributed by atoms with Crippen molar-refractivity contribution in [2.24, 2.45) is 0 Å². The van der Waals surface area contributed by atoms with Gasteiger partial charge in [-0.05, 0) is 56.2 Å². The summed E-state index contributed by atoms with van der Waals surface area (Å²) in [7, 11) is 0. The topological polar surface area (TPSA) is 71.5 Å². The van der Waals surface area contributed by atoms with Gasteiger partial charge in [0.2, 0.25) is 5.91 Å². The van der Waals surface area contributed by atoms with Gasteiger partial charge in [-0.1, -0.05) is 0 Å². The number of anilines is 2. The third-order valence-corrected chi connectivity index (χ3v) is 4.30. The lowest BCUT2D eigenvalue weighted by Gasteiger charge is -2.33.